The lowest BCUT2D eigenvalue weighted by Gasteiger charge is -2.08. The van der Waals surface area contributed by atoms with E-state index in [4.69, 9.17) is 22.0 Å². The highest BCUT2D eigenvalue weighted by Gasteiger charge is 2.11. The molecule has 0 saturated carbocycles. The topological polar surface area (TPSA) is 61.1 Å². The van der Waals surface area contributed by atoms with Crippen molar-refractivity contribution in [1.29, 1.82) is 5.26 Å². The molecule has 0 fully saturated rings. The third kappa shape index (κ3) is 2.88. The number of hydrogen-bond acceptors (Lipinski definition) is 3. The number of carboxylic acids is 1. The molecule has 15 heavy (non-hydrogen) atoms. The van der Waals surface area contributed by atoms with Gasteiger partial charge in [0.25, 0.3) is 0 Å². The van der Waals surface area contributed by atoms with Gasteiger partial charge in [-0.2, -0.15) is 5.26 Å². The van der Waals surface area contributed by atoms with Crippen molar-refractivity contribution < 1.29 is 9.90 Å². The lowest BCUT2D eigenvalue weighted by Crippen LogP contribution is -2.04. The smallest absolute Gasteiger partial charge is 0.307 e. The van der Waals surface area contributed by atoms with Crippen LogP contribution in [0, 0.1) is 11.3 Å². The van der Waals surface area contributed by atoms with Crippen molar-refractivity contribution in [1.82, 2.24) is 0 Å². The van der Waals surface area contributed by atoms with Crippen LogP contribution in [0.25, 0.3) is 0 Å². The van der Waals surface area contributed by atoms with Gasteiger partial charge in [-0.15, -0.1) is 24.2 Å². The molecule has 0 spiro atoms. The molecule has 0 aromatic heterocycles. The molecule has 1 aromatic rings. The summed E-state index contributed by atoms with van der Waals surface area (Å²) < 4.78 is 0. The largest absolute Gasteiger partial charge is 0.481 e. The van der Waals surface area contributed by atoms with E-state index < -0.39 is 5.97 Å². The highest BCUT2D eigenvalue weighted by atomic mass is 35.5. The average molecular weight is 242 g/mol. The van der Waals surface area contributed by atoms with Gasteiger partial charge in [-0.1, -0.05) is 0 Å². The van der Waals surface area contributed by atoms with E-state index in [1.807, 2.05) is 6.07 Å². The summed E-state index contributed by atoms with van der Waals surface area (Å²) in [7, 11) is 0. The number of hydrogen-bond donors (Lipinski definition) is 2. The van der Waals surface area contributed by atoms with Gasteiger partial charge in [0, 0.05) is 10.8 Å². The molecular weight excluding hydrogens is 234 g/mol. The van der Waals surface area contributed by atoms with Crippen LogP contribution in [0.1, 0.15) is 16.7 Å². The molecule has 0 heterocycles. The van der Waals surface area contributed by atoms with E-state index in [2.05, 4.69) is 12.6 Å². The Morgan fingerprint density at radius 2 is 2.27 bits per heavy atom. The van der Waals surface area contributed by atoms with Gasteiger partial charge in [-0.3, -0.25) is 4.79 Å². The Hall–Kier alpha value is -1.18. The van der Waals surface area contributed by atoms with Crippen molar-refractivity contribution >= 4 is 30.2 Å². The van der Waals surface area contributed by atoms with Crippen molar-refractivity contribution in [3.8, 4) is 6.07 Å². The van der Waals surface area contributed by atoms with Gasteiger partial charge in [0.2, 0.25) is 0 Å². The molecule has 1 aromatic carbocycles. The summed E-state index contributed by atoms with van der Waals surface area (Å²) in [5, 5.41) is 17.4. The number of benzene rings is 1. The van der Waals surface area contributed by atoms with Crippen molar-refractivity contribution in [2.75, 3.05) is 0 Å². The first-order valence-electron chi connectivity index (χ1n) is 4.11. The highest BCUT2D eigenvalue weighted by Crippen LogP contribution is 2.23. The Morgan fingerprint density at radius 3 is 2.73 bits per heavy atom. The van der Waals surface area contributed by atoms with Crippen LogP contribution in [0.3, 0.4) is 0 Å². The highest BCUT2D eigenvalue weighted by molar-refractivity contribution is 7.80. The number of aliphatic carboxylic acids is 1. The fourth-order valence-corrected chi connectivity index (χ4v) is 1.85. The van der Waals surface area contributed by atoms with Crippen molar-refractivity contribution in [2.45, 2.75) is 17.2 Å². The van der Waals surface area contributed by atoms with Crippen LogP contribution in [0.15, 0.2) is 17.0 Å². The second kappa shape index (κ2) is 5.06. The van der Waals surface area contributed by atoms with Crippen molar-refractivity contribution in [2.24, 2.45) is 0 Å². The molecule has 1 N–H and O–H groups in total. The normalized spacial score (nSPS) is 9.67. The lowest BCUT2D eigenvalue weighted by atomic mass is 10.0. The number of nitriles is 1. The fraction of sp³-hybridized carbons (Fsp3) is 0.200. The first-order chi connectivity index (χ1) is 7.08. The molecule has 0 radical (unpaired) electrons. The Morgan fingerprint density at radius 1 is 1.60 bits per heavy atom. The number of nitrogens with zero attached hydrogens (tertiary/aromatic N) is 1. The van der Waals surface area contributed by atoms with Gasteiger partial charge in [-0.25, -0.2) is 0 Å². The van der Waals surface area contributed by atoms with E-state index >= 15 is 0 Å². The second-order valence-corrected chi connectivity index (χ2v) is 3.70. The Kier molecular flexibility index (Phi) is 4.01. The van der Waals surface area contributed by atoms with E-state index in [9.17, 15) is 4.79 Å². The number of halogens is 1. The summed E-state index contributed by atoms with van der Waals surface area (Å²) in [6, 6.07) is 5.10. The molecule has 0 amide bonds. The van der Waals surface area contributed by atoms with Crippen LogP contribution in [0.5, 0.6) is 0 Å². The minimum absolute atomic E-state index is 0.132. The van der Waals surface area contributed by atoms with Crippen LogP contribution in [-0.2, 0) is 17.1 Å². The predicted molar refractivity (Wildman–Crippen MR) is 59.3 cm³/mol. The monoisotopic (exact) mass is 241 g/mol. The quantitative estimate of drug-likeness (QED) is 0.630. The maximum atomic E-state index is 10.6. The maximum Gasteiger partial charge on any atom is 0.307 e. The fourth-order valence-electron chi connectivity index (χ4n) is 1.25. The van der Waals surface area contributed by atoms with Crippen LogP contribution >= 0.6 is 24.2 Å². The summed E-state index contributed by atoms with van der Waals surface area (Å²) in [4.78, 5) is 11.1. The zero-order valence-corrected chi connectivity index (χ0v) is 9.35. The summed E-state index contributed by atoms with van der Waals surface area (Å²) in [6.07, 6.45) is -0.132. The van der Waals surface area contributed by atoms with Crippen LogP contribution in [0.2, 0.25) is 0 Å². The van der Waals surface area contributed by atoms with Gasteiger partial charge in [0.05, 0.1) is 18.1 Å². The van der Waals surface area contributed by atoms with E-state index in [1.165, 1.54) is 6.07 Å². The molecule has 0 atom stereocenters. The van der Waals surface area contributed by atoms with Crippen molar-refractivity contribution in [3.63, 3.8) is 0 Å². The molecule has 0 aliphatic heterocycles. The number of carboxylic acid groups (broad SMARTS) is 1. The molecule has 1 rings (SSSR count). The van der Waals surface area contributed by atoms with Crippen LogP contribution in [0.4, 0.5) is 0 Å². The first-order valence-corrected chi connectivity index (χ1v) is 5.09. The third-order valence-electron chi connectivity index (χ3n) is 1.92. The SMILES string of the molecule is N#Cc1cc(S)c(CC(=O)O)c(CCl)c1. The second-order valence-electron chi connectivity index (χ2n) is 2.95. The van der Waals surface area contributed by atoms with E-state index in [-0.39, 0.29) is 12.3 Å². The van der Waals surface area contributed by atoms with Crippen LogP contribution < -0.4 is 0 Å². The number of thiol groups is 1. The molecule has 0 bridgehead atoms. The van der Waals surface area contributed by atoms with Crippen LogP contribution in [-0.4, -0.2) is 11.1 Å². The lowest BCUT2D eigenvalue weighted by molar-refractivity contribution is -0.136. The average Bonchev–Trinajstić information content (AvgIpc) is 2.20. The van der Waals surface area contributed by atoms with E-state index in [0.29, 0.717) is 21.6 Å². The van der Waals surface area contributed by atoms with Gasteiger partial charge >= 0.3 is 5.97 Å². The zero-order chi connectivity index (χ0) is 11.4. The standard InChI is InChI=1S/C10H8ClNO2S/c11-4-7-1-6(5-12)2-9(15)8(7)3-10(13)14/h1-2,15H,3-4H2,(H,13,14). The summed E-state index contributed by atoms with van der Waals surface area (Å²) in [5.74, 6) is -0.771. The minimum Gasteiger partial charge on any atom is -0.481 e. The van der Waals surface area contributed by atoms with Crippen molar-refractivity contribution in [3.05, 3.63) is 28.8 Å². The predicted octanol–water partition coefficient (Wildman–Crippen LogP) is 2.21. The molecular formula is C10H8ClNO2S. The molecule has 0 unspecified atom stereocenters. The molecule has 0 aliphatic carbocycles. The molecule has 3 nitrogen and oxygen atoms in total. The minimum atomic E-state index is -0.943. The van der Waals surface area contributed by atoms with E-state index in [1.54, 1.807) is 6.07 Å². The summed E-state index contributed by atoms with van der Waals surface area (Å²) in [6.45, 7) is 0. The Labute approximate surface area is 97.7 Å². The molecule has 0 aliphatic rings. The Bertz CT molecular complexity index is 440. The zero-order valence-electron chi connectivity index (χ0n) is 7.70. The first kappa shape index (κ1) is 11.9. The number of carbonyl (C=O) groups is 1. The van der Waals surface area contributed by atoms with E-state index in [0.717, 1.165) is 0 Å². The number of rotatable bonds is 3. The van der Waals surface area contributed by atoms with Gasteiger partial charge in [0.1, 0.15) is 0 Å². The maximum absolute atomic E-state index is 10.6. The van der Waals surface area contributed by atoms with Gasteiger partial charge in [-0.05, 0) is 23.3 Å². The number of alkyl halides is 1. The molecule has 0 saturated heterocycles. The molecule has 78 valence electrons. The molecule has 5 heteroatoms. The van der Waals surface area contributed by atoms with Gasteiger partial charge < -0.3 is 5.11 Å². The van der Waals surface area contributed by atoms with Gasteiger partial charge in [0.15, 0.2) is 0 Å². The Balaban J connectivity index is 3.25. The third-order valence-corrected chi connectivity index (χ3v) is 2.61. The summed E-state index contributed by atoms with van der Waals surface area (Å²) >= 11 is 9.83. The summed E-state index contributed by atoms with van der Waals surface area (Å²) in [5.41, 5.74) is 1.65.